The van der Waals surface area contributed by atoms with E-state index in [9.17, 15) is 22.4 Å². The van der Waals surface area contributed by atoms with Crippen LogP contribution < -0.4 is 10.2 Å². The Bertz CT molecular complexity index is 458. The molecule has 0 fully saturated rings. The molecular formula is C10H8F4N2O. The summed E-state index contributed by atoms with van der Waals surface area (Å²) in [5.41, 5.74) is -0.157. The van der Waals surface area contributed by atoms with E-state index >= 15 is 0 Å². The number of benzene rings is 1. The Kier molecular flexibility index (Phi) is 2.68. The number of para-hydroxylation sites is 1. The zero-order chi connectivity index (χ0) is 12.6. The van der Waals surface area contributed by atoms with E-state index in [-0.39, 0.29) is 11.4 Å². The van der Waals surface area contributed by atoms with Crippen LogP contribution in [0, 0.1) is 5.82 Å². The van der Waals surface area contributed by atoms with Gasteiger partial charge in [0.1, 0.15) is 18.0 Å². The van der Waals surface area contributed by atoms with E-state index in [4.69, 9.17) is 0 Å². The number of hydrogen-bond donors (Lipinski definition) is 1. The van der Waals surface area contributed by atoms with E-state index in [1.54, 1.807) is 0 Å². The summed E-state index contributed by atoms with van der Waals surface area (Å²) in [4.78, 5) is 12.0. The van der Waals surface area contributed by atoms with Crippen LogP contribution >= 0.6 is 0 Å². The molecule has 1 amide bonds. The van der Waals surface area contributed by atoms with Gasteiger partial charge in [-0.15, -0.1) is 0 Å². The lowest BCUT2D eigenvalue weighted by molar-refractivity contribution is -0.122. The summed E-state index contributed by atoms with van der Waals surface area (Å²) in [7, 11) is 0. The number of carbonyl (C=O) groups excluding carboxylic acids is 1. The molecule has 0 atom stereocenters. The first kappa shape index (κ1) is 11.7. The number of anilines is 2. The maximum absolute atomic E-state index is 13.3. The Hall–Kier alpha value is -1.79. The maximum Gasteiger partial charge on any atom is 0.405 e. The highest BCUT2D eigenvalue weighted by Crippen LogP contribution is 2.33. The largest absolute Gasteiger partial charge is 0.405 e. The number of alkyl halides is 3. The highest BCUT2D eigenvalue weighted by Gasteiger charge is 2.35. The van der Waals surface area contributed by atoms with Crippen molar-refractivity contribution in [2.24, 2.45) is 0 Å². The van der Waals surface area contributed by atoms with Gasteiger partial charge in [-0.25, -0.2) is 4.39 Å². The minimum atomic E-state index is -4.44. The van der Waals surface area contributed by atoms with Crippen LogP contribution in [0.5, 0.6) is 0 Å². The third-order valence-electron chi connectivity index (χ3n) is 2.30. The highest BCUT2D eigenvalue weighted by atomic mass is 19.4. The summed E-state index contributed by atoms with van der Waals surface area (Å²) in [5.74, 6) is -1.41. The summed E-state index contributed by atoms with van der Waals surface area (Å²) in [5, 5.41) is 2.22. The number of nitrogens with one attached hydrogen (secondary N) is 1. The molecule has 3 nitrogen and oxygen atoms in total. The van der Waals surface area contributed by atoms with Crippen molar-refractivity contribution in [1.29, 1.82) is 0 Å². The number of carbonyl (C=O) groups is 1. The molecule has 7 heteroatoms. The SMILES string of the molecule is O=C1CN(CC(F)(F)F)c2cccc(F)c2N1. The fourth-order valence-electron chi connectivity index (χ4n) is 1.69. The molecule has 1 aromatic rings. The summed E-state index contributed by atoms with van der Waals surface area (Å²) >= 11 is 0. The van der Waals surface area contributed by atoms with Crippen molar-refractivity contribution in [3.8, 4) is 0 Å². The predicted octanol–water partition coefficient (Wildman–Crippen LogP) is 2.15. The molecule has 1 aliphatic rings. The first-order valence-electron chi connectivity index (χ1n) is 4.77. The van der Waals surface area contributed by atoms with Crippen molar-refractivity contribution in [3.05, 3.63) is 24.0 Å². The molecule has 0 radical (unpaired) electrons. The van der Waals surface area contributed by atoms with Gasteiger partial charge in [0.05, 0.1) is 12.2 Å². The molecule has 1 aromatic carbocycles. The van der Waals surface area contributed by atoms with Gasteiger partial charge in [0.15, 0.2) is 0 Å². The van der Waals surface area contributed by atoms with E-state index in [0.29, 0.717) is 0 Å². The van der Waals surface area contributed by atoms with Gasteiger partial charge >= 0.3 is 6.18 Å². The fraction of sp³-hybridized carbons (Fsp3) is 0.300. The maximum atomic E-state index is 13.3. The zero-order valence-electron chi connectivity index (χ0n) is 8.51. The zero-order valence-corrected chi connectivity index (χ0v) is 8.51. The lowest BCUT2D eigenvalue weighted by atomic mass is 10.2. The van der Waals surface area contributed by atoms with Crippen LogP contribution in [0.25, 0.3) is 0 Å². The topological polar surface area (TPSA) is 32.3 Å². The molecule has 1 heterocycles. The summed E-state index contributed by atoms with van der Waals surface area (Å²) in [6.07, 6.45) is -4.44. The first-order valence-corrected chi connectivity index (χ1v) is 4.77. The van der Waals surface area contributed by atoms with Gasteiger partial charge < -0.3 is 10.2 Å². The molecule has 0 aliphatic carbocycles. The predicted molar refractivity (Wildman–Crippen MR) is 53.3 cm³/mol. The van der Waals surface area contributed by atoms with Crippen molar-refractivity contribution >= 4 is 17.3 Å². The molecule has 1 aliphatic heterocycles. The van der Waals surface area contributed by atoms with Gasteiger partial charge in [-0.2, -0.15) is 13.2 Å². The van der Waals surface area contributed by atoms with Crippen molar-refractivity contribution in [2.45, 2.75) is 6.18 Å². The Morgan fingerprint density at radius 3 is 2.71 bits per heavy atom. The number of fused-ring (bicyclic) bond motifs is 1. The minimum absolute atomic E-state index is 0.0434. The minimum Gasteiger partial charge on any atom is -0.351 e. The lowest BCUT2D eigenvalue weighted by Gasteiger charge is -2.31. The van der Waals surface area contributed by atoms with Crippen LogP contribution in [0.4, 0.5) is 28.9 Å². The molecule has 0 saturated heterocycles. The van der Waals surface area contributed by atoms with Crippen LogP contribution in [0.2, 0.25) is 0 Å². The molecule has 0 bridgehead atoms. The molecule has 0 spiro atoms. The Labute approximate surface area is 94.0 Å². The molecule has 92 valence electrons. The second-order valence-electron chi connectivity index (χ2n) is 3.65. The Balaban J connectivity index is 2.38. The van der Waals surface area contributed by atoms with Gasteiger partial charge in [-0.1, -0.05) is 6.07 Å². The van der Waals surface area contributed by atoms with Crippen molar-refractivity contribution in [1.82, 2.24) is 0 Å². The number of halogens is 4. The van der Waals surface area contributed by atoms with E-state index in [0.717, 1.165) is 11.0 Å². The molecule has 0 aromatic heterocycles. The van der Waals surface area contributed by atoms with Crippen molar-refractivity contribution < 1.29 is 22.4 Å². The smallest absolute Gasteiger partial charge is 0.351 e. The molecule has 1 N–H and O–H groups in total. The number of rotatable bonds is 1. The number of nitrogens with zero attached hydrogens (tertiary/aromatic N) is 1. The molecular weight excluding hydrogens is 240 g/mol. The van der Waals surface area contributed by atoms with Crippen LogP contribution in [0.15, 0.2) is 18.2 Å². The summed E-state index contributed by atoms with van der Waals surface area (Å²) in [6, 6.07) is 3.72. The lowest BCUT2D eigenvalue weighted by Crippen LogP contribution is -2.43. The van der Waals surface area contributed by atoms with Gasteiger partial charge in [0.2, 0.25) is 5.91 Å². The average Bonchev–Trinajstić information content (AvgIpc) is 2.17. The molecule has 0 unspecified atom stereocenters. The van der Waals surface area contributed by atoms with Gasteiger partial charge in [0.25, 0.3) is 0 Å². The molecule has 0 saturated carbocycles. The van der Waals surface area contributed by atoms with Gasteiger partial charge in [-0.05, 0) is 12.1 Å². The Morgan fingerprint density at radius 2 is 2.06 bits per heavy atom. The standard InChI is InChI=1S/C10H8F4N2O/c11-6-2-1-3-7-9(6)15-8(17)4-16(7)5-10(12,13)14/h1-3H,4-5H2,(H,15,17). The summed E-state index contributed by atoms with van der Waals surface area (Å²) < 4.78 is 50.2. The van der Waals surface area contributed by atoms with Crippen molar-refractivity contribution in [3.63, 3.8) is 0 Å². The van der Waals surface area contributed by atoms with Crippen LogP contribution in [-0.4, -0.2) is 25.2 Å². The second-order valence-corrected chi connectivity index (χ2v) is 3.65. The van der Waals surface area contributed by atoms with E-state index in [2.05, 4.69) is 5.32 Å². The van der Waals surface area contributed by atoms with Crippen LogP contribution in [-0.2, 0) is 4.79 Å². The van der Waals surface area contributed by atoms with E-state index < -0.39 is 31.0 Å². The monoisotopic (exact) mass is 248 g/mol. The number of hydrogen-bond acceptors (Lipinski definition) is 2. The molecule has 17 heavy (non-hydrogen) atoms. The van der Waals surface area contributed by atoms with E-state index in [1.165, 1.54) is 12.1 Å². The fourth-order valence-corrected chi connectivity index (χ4v) is 1.69. The van der Waals surface area contributed by atoms with Crippen molar-refractivity contribution in [2.75, 3.05) is 23.3 Å². The third-order valence-corrected chi connectivity index (χ3v) is 2.30. The first-order chi connectivity index (χ1) is 7.87. The second kappa shape index (κ2) is 3.90. The normalized spacial score (nSPS) is 15.5. The molecule has 2 rings (SSSR count). The highest BCUT2D eigenvalue weighted by molar-refractivity contribution is 6.01. The van der Waals surface area contributed by atoms with Gasteiger partial charge in [-0.3, -0.25) is 4.79 Å². The van der Waals surface area contributed by atoms with E-state index in [1.807, 2.05) is 0 Å². The Morgan fingerprint density at radius 1 is 1.35 bits per heavy atom. The number of amides is 1. The average molecular weight is 248 g/mol. The quantitative estimate of drug-likeness (QED) is 0.772. The van der Waals surface area contributed by atoms with Crippen LogP contribution in [0.1, 0.15) is 0 Å². The van der Waals surface area contributed by atoms with Gasteiger partial charge in [0, 0.05) is 0 Å². The summed E-state index contributed by atoms with van der Waals surface area (Å²) in [6.45, 7) is -1.72. The third kappa shape index (κ3) is 2.48. The van der Waals surface area contributed by atoms with Crippen LogP contribution in [0.3, 0.4) is 0 Å².